The quantitative estimate of drug-likeness (QED) is 0.565. The SMILES string of the molecule is CC(=CC[C@@H]1OC(=O)C=C1C)[C@H](O)CC[C@H](C)C1=CC(=O)C(C)(C)O1. The van der Waals surface area contributed by atoms with Gasteiger partial charge in [-0.2, -0.15) is 0 Å². The molecule has 0 aromatic heterocycles. The average molecular weight is 348 g/mol. The van der Waals surface area contributed by atoms with Crippen LogP contribution in [-0.4, -0.2) is 34.7 Å². The predicted octanol–water partition coefficient (Wildman–Crippen LogP) is 3.23. The zero-order valence-electron chi connectivity index (χ0n) is 15.7. The predicted molar refractivity (Wildman–Crippen MR) is 94.7 cm³/mol. The van der Waals surface area contributed by atoms with Crippen molar-refractivity contribution in [3.05, 3.63) is 35.1 Å². The number of ketones is 1. The van der Waals surface area contributed by atoms with Crippen molar-refractivity contribution in [3.63, 3.8) is 0 Å². The van der Waals surface area contributed by atoms with Gasteiger partial charge in [0.2, 0.25) is 5.78 Å². The van der Waals surface area contributed by atoms with Crippen LogP contribution in [0, 0.1) is 5.92 Å². The van der Waals surface area contributed by atoms with Crippen molar-refractivity contribution in [1.29, 1.82) is 0 Å². The summed E-state index contributed by atoms with van der Waals surface area (Å²) in [5.74, 6) is 0.461. The number of ether oxygens (including phenoxy) is 2. The Bertz CT molecular complexity index is 638. The summed E-state index contributed by atoms with van der Waals surface area (Å²) in [5.41, 5.74) is 0.998. The first-order chi connectivity index (χ1) is 11.6. The van der Waals surface area contributed by atoms with Gasteiger partial charge in [0.25, 0.3) is 0 Å². The minimum absolute atomic E-state index is 0.0134. The molecule has 2 aliphatic rings. The van der Waals surface area contributed by atoms with Gasteiger partial charge in [-0.1, -0.05) is 13.0 Å². The topological polar surface area (TPSA) is 72.8 Å². The fourth-order valence-corrected chi connectivity index (χ4v) is 2.91. The van der Waals surface area contributed by atoms with Crippen molar-refractivity contribution < 1.29 is 24.2 Å². The van der Waals surface area contributed by atoms with E-state index in [0.717, 1.165) is 17.6 Å². The Labute approximate surface area is 149 Å². The highest BCUT2D eigenvalue weighted by Gasteiger charge is 2.36. The molecule has 0 spiro atoms. The smallest absolute Gasteiger partial charge is 0.331 e. The van der Waals surface area contributed by atoms with E-state index in [1.54, 1.807) is 19.9 Å². The summed E-state index contributed by atoms with van der Waals surface area (Å²) in [4.78, 5) is 23.0. The van der Waals surface area contributed by atoms with Gasteiger partial charge >= 0.3 is 5.97 Å². The molecule has 25 heavy (non-hydrogen) atoms. The largest absolute Gasteiger partial charge is 0.484 e. The van der Waals surface area contributed by atoms with Crippen LogP contribution >= 0.6 is 0 Å². The number of rotatable bonds is 7. The summed E-state index contributed by atoms with van der Waals surface area (Å²) >= 11 is 0. The van der Waals surface area contributed by atoms with E-state index < -0.39 is 11.7 Å². The number of allylic oxidation sites excluding steroid dienone is 1. The summed E-state index contributed by atoms with van der Waals surface area (Å²) in [6, 6.07) is 0. The van der Waals surface area contributed by atoms with E-state index in [4.69, 9.17) is 9.47 Å². The Morgan fingerprint density at radius 3 is 2.52 bits per heavy atom. The number of carbonyl (C=O) groups is 2. The number of carbonyl (C=O) groups excluding carboxylic acids is 2. The number of hydrogen-bond donors (Lipinski definition) is 1. The Morgan fingerprint density at radius 2 is 2.00 bits per heavy atom. The third-order valence-corrected chi connectivity index (χ3v) is 4.89. The molecule has 0 saturated carbocycles. The molecular formula is C20H28O5. The highest BCUT2D eigenvalue weighted by Crippen LogP contribution is 2.31. The van der Waals surface area contributed by atoms with Crippen LogP contribution in [0.15, 0.2) is 35.1 Å². The second kappa shape index (κ2) is 7.56. The zero-order valence-corrected chi connectivity index (χ0v) is 15.7. The molecule has 0 radical (unpaired) electrons. The second-order valence-electron chi connectivity index (χ2n) is 7.52. The molecular weight excluding hydrogens is 320 g/mol. The molecule has 2 heterocycles. The van der Waals surface area contributed by atoms with Crippen LogP contribution in [0.1, 0.15) is 53.9 Å². The first kappa shape index (κ1) is 19.4. The van der Waals surface area contributed by atoms with Gasteiger partial charge in [0.1, 0.15) is 11.9 Å². The number of aliphatic hydroxyl groups is 1. The summed E-state index contributed by atoms with van der Waals surface area (Å²) in [5, 5.41) is 10.3. The van der Waals surface area contributed by atoms with Crippen LogP contribution in [0.2, 0.25) is 0 Å². The van der Waals surface area contributed by atoms with Gasteiger partial charge in [0, 0.05) is 24.5 Å². The van der Waals surface area contributed by atoms with Crippen molar-refractivity contribution >= 4 is 11.8 Å². The fraction of sp³-hybridized carbons (Fsp3) is 0.600. The number of aliphatic hydroxyl groups excluding tert-OH is 1. The van der Waals surface area contributed by atoms with E-state index in [2.05, 4.69) is 0 Å². The summed E-state index contributed by atoms with van der Waals surface area (Å²) in [7, 11) is 0. The molecule has 138 valence electrons. The van der Waals surface area contributed by atoms with E-state index in [-0.39, 0.29) is 23.8 Å². The van der Waals surface area contributed by atoms with Crippen molar-refractivity contribution in [1.82, 2.24) is 0 Å². The molecule has 0 aromatic rings. The number of esters is 1. The molecule has 2 rings (SSSR count). The molecule has 3 atom stereocenters. The van der Waals surface area contributed by atoms with Crippen molar-refractivity contribution in [2.75, 3.05) is 0 Å². The standard InChI is InChI=1S/C20H28O5/c1-12(7-9-16-14(3)10-19(23)24-16)15(21)8-6-13(2)17-11-18(22)20(4,5)25-17/h7,10-11,13,15-16,21H,6,8-9H2,1-5H3/t13-,15+,16-/m0/s1. The van der Waals surface area contributed by atoms with Crippen LogP contribution in [0.3, 0.4) is 0 Å². The van der Waals surface area contributed by atoms with Crippen molar-refractivity contribution in [2.45, 2.75) is 71.7 Å². The van der Waals surface area contributed by atoms with Gasteiger partial charge < -0.3 is 14.6 Å². The Balaban J connectivity index is 1.81. The van der Waals surface area contributed by atoms with Crippen LogP contribution in [-0.2, 0) is 19.1 Å². The fourth-order valence-electron chi connectivity index (χ4n) is 2.91. The molecule has 5 heteroatoms. The molecule has 2 aliphatic heterocycles. The van der Waals surface area contributed by atoms with Crippen LogP contribution in [0.25, 0.3) is 0 Å². The van der Waals surface area contributed by atoms with Crippen LogP contribution in [0.5, 0.6) is 0 Å². The molecule has 0 amide bonds. The van der Waals surface area contributed by atoms with E-state index in [1.807, 2.05) is 26.8 Å². The van der Waals surface area contributed by atoms with Gasteiger partial charge in [0.15, 0.2) is 5.60 Å². The number of hydrogen-bond acceptors (Lipinski definition) is 5. The summed E-state index contributed by atoms with van der Waals surface area (Å²) in [6.07, 6.45) is 6.09. The summed E-state index contributed by atoms with van der Waals surface area (Å²) < 4.78 is 10.9. The molecule has 0 aliphatic carbocycles. The maximum atomic E-state index is 11.8. The van der Waals surface area contributed by atoms with Crippen LogP contribution < -0.4 is 0 Å². The molecule has 0 fully saturated rings. The van der Waals surface area contributed by atoms with E-state index in [9.17, 15) is 14.7 Å². The molecule has 0 saturated heterocycles. The molecule has 0 unspecified atom stereocenters. The lowest BCUT2D eigenvalue weighted by atomic mass is 9.96. The van der Waals surface area contributed by atoms with E-state index >= 15 is 0 Å². The minimum Gasteiger partial charge on any atom is -0.484 e. The minimum atomic E-state index is -0.776. The lowest BCUT2D eigenvalue weighted by molar-refractivity contribution is -0.138. The monoisotopic (exact) mass is 348 g/mol. The second-order valence-corrected chi connectivity index (χ2v) is 7.52. The highest BCUT2D eigenvalue weighted by atomic mass is 16.5. The Hall–Kier alpha value is -1.88. The number of cyclic esters (lactones) is 1. The van der Waals surface area contributed by atoms with Gasteiger partial charge in [-0.05, 0) is 51.7 Å². The zero-order chi connectivity index (χ0) is 18.8. The van der Waals surface area contributed by atoms with Crippen molar-refractivity contribution in [2.24, 2.45) is 5.92 Å². The Kier molecular flexibility index (Phi) is 5.88. The van der Waals surface area contributed by atoms with Gasteiger partial charge in [-0.3, -0.25) is 4.79 Å². The lowest BCUT2D eigenvalue weighted by Crippen LogP contribution is -2.28. The first-order valence-electron chi connectivity index (χ1n) is 8.78. The van der Waals surface area contributed by atoms with Gasteiger partial charge in [-0.25, -0.2) is 4.79 Å². The third kappa shape index (κ3) is 4.82. The Morgan fingerprint density at radius 1 is 1.32 bits per heavy atom. The van der Waals surface area contributed by atoms with E-state index in [0.29, 0.717) is 18.6 Å². The highest BCUT2D eigenvalue weighted by molar-refractivity contribution is 5.98. The molecule has 1 N–H and O–H groups in total. The first-order valence-corrected chi connectivity index (χ1v) is 8.78. The molecule has 0 aromatic carbocycles. The average Bonchev–Trinajstić information content (AvgIpc) is 3.00. The molecule has 0 bridgehead atoms. The van der Waals surface area contributed by atoms with E-state index in [1.165, 1.54) is 6.08 Å². The molecule has 5 nitrogen and oxygen atoms in total. The van der Waals surface area contributed by atoms with Gasteiger partial charge in [0.05, 0.1) is 6.10 Å². The third-order valence-electron chi connectivity index (χ3n) is 4.89. The maximum Gasteiger partial charge on any atom is 0.331 e. The lowest BCUT2D eigenvalue weighted by Gasteiger charge is -2.22. The normalized spacial score (nSPS) is 25.2. The van der Waals surface area contributed by atoms with Crippen LogP contribution in [0.4, 0.5) is 0 Å². The maximum absolute atomic E-state index is 11.8. The van der Waals surface area contributed by atoms with Crippen molar-refractivity contribution in [3.8, 4) is 0 Å². The summed E-state index contributed by atoms with van der Waals surface area (Å²) in [6.45, 7) is 9.27. The van der Waals surface area contributed by atoms with Gasteiger partial charge in [-0.15, -0.1) is 0 Å².